The molecule has 2 aromatic rings. The molecule has 1 aliphatic heterocycles. The van der Waals surface area contributed by atoms with Crippen LogP contribution in [0.4, 0.5) is 0 Å². The molecule has 0 amide bonds. The number of hydrogen-bond donors (Lipinski definition) is 3. The minimum atomic E-state index is -0.123. The van der Waals surface area contributed by atoms with Crippen LogP contribution in [-0.4, -0.2) is 16.8 Å². The summed E-state index contributed by atoms with van der Waals surface area (Å²) in [5.41, 5.74) is 2.84. The minimum absolute atomic E-state index is 0.0911. The van der Waals surface area contributed by atoms with Crippen LogP contribution in [0.2, 0.25) is 10.0 Å². The number of benzene rings is 2. The maximum atomic E-state index is 9.72. The van der Waals surface area contributed by atoms with Crippen LogP contribution in [0.1, 0.15) is 22.7 Å². The first-order valence-electron chi connectivity index (χ1n) is 6.29. The second-order valence-electron chi connectivity index (χ2n) is 4.84. The second-order valence-corrected chi connectivity index (χ2v) is 5.69. The molecule has 0 unspecified atom stereocenters. The largest absolute Gasteiger partial charge is 0.504 e. The lowest BCUT2D eigenvalue weighted by Crippen LogP contribution is -2.30. The maximum Gasteiger partial charge on any atom is 0.157 e. The smallest absolute Gasteiger partial charge is 0.157 e. The zero-order valence-corrected chi connectivity index (χ0v) is 12.0. The van der Waals surface area contributed by atoms with Gasteiger partial charge in [-0.2, -0.15) is 0 Å². The Morgan fingerprint density at radius 3 is 2.50 bits per heavy atom. The van der Waals surface area contributed by atoms with Crippen molar-refractivity contribution >= 4 is 23.2 Å². The van der Waals surface area contributed by atoms with Gasteiger partial charge in [0.25, 0.3) is 0 Å². The van der Waals surface area contributed by atoms with Crippen molar-refractivity contribution < 1.29 is 10.2 Å². The lowest BCUT2D eigenvalue weighted by molar-refractivity contribution is 0.400. The molecule has 5 heteroatoms. The summed E-state index contributed by atoms with van der Waals surface area (Å²) in [7, 11) is 0. The molecular weight excluding hydrogens is 297 g/mol. The van der Waals surface area contributed by atoms with Crippen LogP contribution in [0.25, 0.3) is 0 Å². The van der Waals surface area contributed by atoms with E-state index in [0.717, 1.165) is 29.7 Å². The average molecular weight is 310 g/mol. The first-order valence-corrected chi connectivity index (χ1v) is 7.05. The Morgan fingerprint density at radius 2 is 1.75 bits per heavy atom. The van der Waals surface area contributed by atoms with Crippen molar-refractivity contribution in [3.8, 4) is 11.5 Å². The van der Waals surface area contributed by atoms with E-state index in [1.54, 1.807) is 24.3 Å². The van der Waals surface area contributed by atoms with E-state index >= 15 is 0 Å². The SMILES string of the molecule is Oc1cc2c(cc1O)[C@H](c1ccc(Cl)cc1Cl)NCC2. The Kier molecular flexibility index (Phi) is 3.50. The third-order valence-electron chi connectivity index (χ3n) is 3.56. The molecule has 1 aliphatic rings. The van der Waals surface area contributed by atoms with Gasteiger partial charge in [-0.1, -0.05) is 29.3 Å². The Labute approximate surface area is 126 Å². The molecule has 0 saturated carbocycles. The molecule has 0 aliphatic carbocycles. The molecule has 0 saturated heterocycles. The van der Waals surface area contributed by atoms with E-state index < -0.39 is 0 Å². The molecule has 0 aromatic heterocycles. The van der Waals surface area contributed by atoms with Crippen molar-refractivity contribution in [2.45, 2.75) is 12.5 Å². The molecule has 0 bridgehead atoms. The highest BCUT2D eigenvalue weighted by atomic mass is 35.5. The summed E-state index contributed by atoms with van der Waals surface area (Å²) in [6.07, 6.45) is 0.797. The topological polar surface area (TPSA) is 52.5 Å². The van der Waals surface area contributed by atoms with Gasteiger partial charge in [-0.25, -0.2) is 0 Å². The van der Waals surface area contributed by atoms with E-state index in [1.165, 1.54) is 0 Å². The zero-order chi connectivity index (χ0) is 14.3. The molecule has 20 heavy (non-hydrogen) atoms. The zero-order valence-electron chi connectivity index (χ0n) is 10.5. The molecule has 104 valence electrons. The fourth-order valence-corrected chi connectivity index (χ4v) is 3.11. The summed E-state index contributed by atoms with van der Waals surface area (Å²) in [4.78, 5) is 0. The molecule has 3 rings (SSSR count). The fourth-order valence-electron chi connectivity index (χ4n) is 2.60. The van der Waals surface area contributed by atoms with Gasteiger partial charge in [0.2, 0.25) is 0 Å². The Hall–Kier alpha value is -1.42. The molecule has 3 nitrogen and oxygen atoms in total. The highest BCUT2D eigenvalue weighted by molar-refractivity contribution is 6.35. The van der Waals surface area contributed by atoms with E-state index in [2.05, 4.69) is 5.32 Å². The van der Waals surface area contributed by atoms with E-state index in [1.807, 2.05) is 6.07 Å². The van der Waals surface area contributed by atoms with Gasteiger partial charge < -0.3 is 15.5 Å². The predicted molar refractivity (Wildman–Crippen MR) is 79.8 cm³/mol. The second kappa shape index (κ2) is 5.17. The highest BCUT2D eigenvalue weighted by Gasteiger charge is 2.24. The monoisotopic (exact) mass is 309 g/mol. The Balaban J connectivity index is 2.11. The molecule has 0 spiro atoms. The van der Waals surface area contributed by atoms with Crippen LogP contribution >= 0.6 is 23.2 Å². The van der Waals surface area contributed by atoms with Gasteiger partial charge in [0, 0.05) is 16.6 Å². The van der Waals surface area contributed by atoms with E-state index in [-0.39, 0.29) is 17.5 Å². The number of rotatable bonds is 1. The summed E-state index contributed by atoms with van der Waals surface area (Å²) in [5, 5.41) is 23.9. The number of aromatic hydroxyl groups is 2. The van der Waals surface area contributed by atoms with Crippen molar-refractivity contribution in [1.82, 2.24) is 5.32 Å². The molecule has 1 atom stereocenters. The van der Waals surface area contributed by atoms with Crippen molar-refractivity contribution in [1.29, 1.82) is 0 Å². The summed E-state index contributed by atoms with van der Waals surface area (Å²) < 4.78 is 0. The normalized spacial score (nSPS) is 17.8. The molecule has 2 aromatic carbocycles. The fraction of sp³-hybridized carbons (Fsp3) is 0.200. The number of nitrogens with one attached hydrogen (secondary N) is 1. The maximum absolute atomic E-state index is 9.72. The Bertz CT molecular complexity index is 673. The van der Waals surface area contributed by atoms with Gasteiger partial charge in [-0.15, -0.1) is 0 Å². The number of phenolic OH excluding ortho intramolecular Hbond substituents is 2. The van der Waals surface area contributed by atoms with Crippen LogP contribution in [0, 0.1) is 0 Å². The third kappa shape index (κ3) is 2.33. The van der Waals surface area contributed by atoms with Crippen LogP contribution in [0.15, 0.2) is 30.3 Å². The van der Waals surface area contributed by atoms with E-state index in [4.69, 9.17) is 23.2 Å². The summed E-state index contributed by atoms with van der Waals surface area (Å²) in [6, 6.07) is 8.46. The van der Waals surface area contributed by atoms with Gasteiger partial charge in [-0.05, 0) is 47.4 Å². The summed E-state index contributed by atoms with van der Waals surface area (Å²) in [5.74, 6) is -0.214. The van der Waals surface area contributed by atoms with Crippen molar-refractivity contribution in [2.24, 2.45) is 0 Å². The predicted octanol–water partition coefficient (Wildman–Crippen LogP) is 3.64. The van der Waals surface area contributed by atoms with Crippen molar-refractivity contribution in [2.75, 3.05) is 6.54 Å². The van der Waals surface area contributed by atoms with Gasteiger partial charge in [-0.3, -0.25) is 0 Å². The molecule has 0 radical (unpaired) electrons. The quantitative estimate of drug-likeness (QED) is 0.705. The van der Waals surface area contributed by atoms with Crippen molar-refractivity contribution in [3.05, 3.63) is 57.1 Å². The highest BCUT2D eigenvalue weighted by Crippen LogP contribution is 2.38. The number of fused-ring (bicyclic) bond motifs is 1. The summed E-state index contributed by atoms with van der Waals surface area (Å²) in [6.45, 7) is 0.779. The molecular formula is C15H13Cl2NO2. The number of halogens is 2. The lowest BCUT2D eigenvalue weighted by Gasteiger charge is -2.28. The molecule has 1 heterocycles. The van der Waals surface area contributed by atoms with Crippen LogP contribution in [0.5, 0.6) is 11.5 Å². The lowest BCUT2D eigenvalue weighted by atomic mass is 9.89. The van der Waals surface area contributed by atoms with E-state index in [0.29, 0.717) is 10.0 Å². The van der Waals surface area contributed by atoms with Crippen molar-refractivity contribution in [3.63, 3.8) is 0 Å². The molecule has 0 fully saturated rings. The standard InChI is InChI=1S/C15H13Cl2NO2/c16-9-1-2-10(12(17)6-9)15-11-7-14(20)13(19)5-8(11)3-4-18-15/h1-2,5-7,15,18-20H,3-4H2/t15-/m0/s1. The van der Waals surface area contributed by atoms with E-state index in [9.17, 15) is 10.2 Å². The van der Waals surface area contributed by atoms with Crippen LogP contribution in [0.3, 0.4) is 0 Å². The molecule has 3 N–H and O–H groups in total. The van der Waals surface area contributed by atoms with Crippen LogP contribution < -0.4 is 5.32 Å². The first kappa shape index (κ1) is 13.6. The van der Waals surface area contributed by atoms with Gasteiger partial charge in [0.05, 0.1) is 6.04 Å². The Morgan fingerprint density at radius 1 is 1.00 bits per heavy atom. The number of phenols is 2. The average Bonchev–Trinajstić information content (AvgIpc) is 2.40. The summed E-state index contributed by atoms with van der Waals surface area (Å²) >= 11 is 12.2. The number of hydrogen-bond acceptors (Lipinski definition) is 3. The third-order valence-corrected chi connectivity index (χ3v) is 4.13. The van der Waals surface area contributed by atoms with Gasteiger partial charge in [0.1, 0.15) is 0 Å². The first-order chi connectivity index (χ1) is 9.56. The minimum Gasteiger partial charge on any atom is -0.504 e. The van der Waals surface area contributed by atoms with Crippen LogP contribution in [-0.2, 0) is 6.42 Å². The van der Waals surface area contributed by atoms with Gasteiger partial charge >= 0.3 is 0 Å². The van der Waals surface area contributed by atoms with Gasteiger partial charge in [0.15, 0.2) is 11.5 Å².